The monoisotopic (exact) mass is 298 g/mol. The van der Waals surface area contributed by atoms with Gasteiger partial charge >= 0.3 is 12.0 Å². The van der Waals surface area contributed by atoms with E-state index in [0.29, 0.717) is 13.0 Å². The van der Waals surface area contributed by atoms with E-state index in [4.69, 9.17) is 5.11 Å². The number of carbonyl (C=O) groups is 2. The van der Waals surface area contributed by atoms with Crippen molar-refractivity contribution in [1.29, 1.82) is 0 Å². The Morgan fingerprint density at radius 2 is 2.14 bits per heavy atom. The van der Waals surface area contributed by atoms with Gasteiger partial charge in [-0.3, -0.25) is 4.79 Å². The van der Waals surface area contributed by atoms with Crippen molar-refractivity contribution >= 4 is 12.0 Å². The number of hydrogen-bond acceptors (Lipinski definition) is 2. The van der Waals surface area contributed by atoms with Gasteiger partial charge in [-0.05, 0) is 19.4 Å². The number of nitrogens with zero attached hydrogens (tertiary/aromatic N) is 1. The SMILES string of the molecule is CC(NC(=O)N1CCC(C(=O)O)C1)c1ccc(F)cc1F. The summed E-state index contributed by atoms with van der Waals surface area (Å²) in [7, 11) is 0. The molecule has 0 radical (unpaired) electrons. The highest BCUT2D eigenvalue weighted by Gasteiger charge is 2.31. The predicted octanol–water partition coefficient (Wildman–Crippen LogP) is 2.14. The van der Waals surface area contributed by atoms with E-state index in [2.05, 4.69) is 5.32 Å². The van der Waals surface area contributed by atoms with Gasteiger partial charge in [-0.25, -0.2) is 13.6 Å². The second-order valence-corrected chi connectivity index (χ2v) is 5.11. The molecule has 0 spiro atoms. The van der Waals surface area contributed by atoms with Crippen LogP contribution < -0.4 is 5.32 Å². The second kappa shape index (κ2) is 6.07. The number of hydrogen-bond donors (Lipinski definition) is 2. The average Bonchev–Trinajstić information content (AvgIpc) is 2.88. The largest absolute Gasteiger partial charge is 0.481 e. The van der Waals surface area contributed by atoms with E-state index < -0.39 is 35.6 Å². The Hall–Kier alpha value is -2.18. The van der Waals surface area contributed by atoms with Gasteiger partial charge in [0, 0.05) is 24.7 Å². The van der Waals surface area contributed by atoms with Crippen molar-refractivity contribution in [2.24, 2.45) is 5.92 Å². The topological polar surface area (TPSA) is 69.6 Å². The summed E-state index contributed by atoms with van der Waals surface area (Å²) in [6, 6.07) is 2.07. The van der Waals surface area contributed by atoms with E-state index >= 15 is 0 Å². The molecule has 114 valence electrons. The maximum atomic E-state index is 13.6. The Morgan fingerprint density at radius 1 is 1.43 bits per heavy atom. The van der Waals surface area contributed by atoms with Crippen molar-refractivity contribution in [3.8, 4) is 0 Å². The van der Waals surface area contributed by atoms with Crippen LogP contribution in [0.4, 0.5) is 13.6 Å². The molecule has 2 amide bonds. The zero-order valence-electron chi connectivity index (χ0n) is 11.5. The minimum Gasteiger partial charge on any atom is -0.481 e. The summed E-state index contributed by atoms with van der Waals surface area (Å²) in [5.74, 6) is -2.90. The van der Waals surface area contributed by atoms with Crippen LogP contribution in [-0.2, 0) is 4.79 Å². The maximum absolute atomic E-state index is 13.6. The molecular formula is C14H16F2N2O3. The molecule has 1 heterocycles. The third-order valence-corrected chi connectivity index (χ3v) is 3.59. The van der Waals surface area contributed by atoms with Crippen LogP contribution >= 0.6 is 0 Å². The summed E-state index contributed by atoms with van der Waals surface area (Å²) >= 11 is 0. The fourth-order valence-electron chi connectivity index (χ4n) is 2.35. The fourth-order valence-corrected chi connectivity index (χ4v) is 2.35. The fraction of sp³-hybridized carbons (Fsp3) is 0.429. The first-order valence-corrected chi connectivity index (χ1v) is 6.61. The van der Waals surface area contributed by atoms with Crippen LogP contribution in [-0.4, -0.2) is 35.1 Å². The molecule has 1 aromatic rings. The first-order valence-electron chi connectivity index (χ1n) is 6.61. The Bertz CT molecular complexity index is 565. The number of rotatable bonds is 3. The molecule has 7 heteroatoms. The number of benzene rings is 1. The first-order chi connectivity index (χ1) is 9.88. The standard InChI is InChI=1S/C14H16F2N2O3/c1-8(11-3-2-10(15)6-12(11)16)17-14(21)18-5-4-9(7-18)13(19)20/h2-3,6,8-9H,4-5,7H2,1H3,(H,17,21)(H,19,20). The summed E-state index contributed by atoms with van der Waals surface area (Å²) in [4.78, 5) is 24.2. The number of aliphatic carboxylic acids is 1. The van der Waals surface area contributed by atoms with Crippen LogP contribution in [0.25, 0.3) is 0 Å². The summed E-state index contributed by atoms with van der Waals surface area (Å²) in [6.07, 6.45) is 0.405. The molecule has 0 saturated carbocycles. The molecule has 1 aliphatic heterocycles. The van der Waals surface area contributed by atoms with Gasteiger partial charge in [0.05, 0.1) is 12.0 Å². The molecule has 0 aromatic heterocycles. The van der Waals surface area contributed by atoms with Gasteiger partial charge in [0.15, 0.2) is 0 Å². The van der Waals surface area contributed by atoms with E-state index in [9.17, 15) is 18.4 Å². The lowest BCUT2D eigenvalue weighted by atomic mass is 10.1. The Labute approximate surface area is 120 Å². The molecule has 2 atom stereocenters. The van der Waals surface area contributed by atoms with E-state index in [-0.39, 0.29) is 12.1 Å². The van der Waals surface area contributed by atoms with Crippen LogP contribution in [0.1, 0.15) is 24.9 Å². The van der Waals surface area contributed by atoms with Crippen LogP contribution in [0.5, 0.6) is 0 Å². The molecule has 21 heavy (non-hydrogen) atoms. The summed E-state index contributed by atoms with van der Waals surface area (Å²) in [6.45, 7) is 2.07. The Balaban J connectivity index is 1.98. The zero-order valence-corrected chi connectivity index (χ0v) is 11.5. The van der Waals surface area contributed by atoms with Crippen molar-refractivity contribution < 1.29 is 23.5 Å². The Morgan fingerprint density at radius 3 is 2.71 bits per heavy atom. The quantitative estimate of drug-likeness (QED) is 0.898. The number of carbonyl (C=O) groups excluding carboxylic acids is 1. The lowest BCUT2D eigenvalue weighted by molar-refractivity contribution is -0.141. The molecule has 5 nitrogen and oxygen atoms in total. The highest BCUT2D eigenvalue weighted by molar-refractivity contribution is 5.77. The smallest absolute Gasteiger partial charge is 0.317 e. The molecule has 1 fully saturated rings. The minimum absolute atomic E-state index is 0.139. The molecule has 2 N–H and O–H groups in total. The van der Waals surface area contributed by atoms with Crippen molar-refractivity contribution in [3.05, 3.63) is 35.4 Å². The molecule has 0 bridgehead atoms. The van der Waals surface area contributed by atoms with E-state index in [1.54, 1.807) is 6.92 Å². The van der Waals surface area contributed by atoms with Crippen molar-refractivity contribution in [3.63, 3.8) is 0 Å². The van der Waals surface area contributed by atoms with Gasteiger partial charge in [-0.2, -0.15) is 0 Å². The van der Waals surface area contributed by atoms with Gasteiger partial charge in [-0.1, -0.05) is 6.07 Å². The first kappa shape index (κ1) is 15.2. The summed E-state index contributed by atoms with van der Waals surface area (Å²) < 4.78 is 26.5. The van der Waals surface area contributed by atoms with Gasteiger partial charge in [0.1, 0.15) is 11.6 Å². The van der Waals surface area contributed by atoms with Crippen LogP contribution in [0.2, 0.25) is 0 Å². The molecule has 1 aliphatic rings. The van der Waals surface area contributed by atoms with Crippen LogP contribution in [0.3, 0.4) is 0 Å². The molecule has 2 rings (SSSR count). The number of amides is 2. The lowest BCUT2D eigenvalue weighted by Crippen LogP contribution is -2.40. The molecule has 1 aromatic carbocycles. The van der Waals surface area contributed by atoms with Gasteiger partial charge in [0.25, 0.3) is 0 Å². The number of halogens is 2. The molecular weight excluding hydrogens is 282 g/mol. The number of carboxylic acids is 1. The lowest BCUT2D eigenvalue weighted by Gasteiger charge is -2.21. The third kappa shape index (κ3) is 3.48. The molecule has 2 unspecified atom stereocenters. The van der Waals surface area contributed by atoms with E-state index in [1.165, 1.54) is 11.0 Å². The minimum atomic E-state index is -0.928. The second-order valence-electron chi connectivity index (χ2n) is 5.11. The summed E-state index contributed by atoms with van der Waals surface area (Å²) in [5.41, 5.74) is 0.179. The normalized spacial score (nSPS) is 19.4. The summed E-state index contributed by atoms with van der Waals surface area (Å²) in [5, 5.41) is 11.5. The number of likely N-dealkylation sites (tertiary alicyclic amines) is 1. The van der Waals surface area contributed by atoms with Crippen molar-refractivity contribution in [1.82, 2.24) is 10.2 Å². The van der Waals surface area contributed by atoms with Crippen molar-refractivity contribution in [2.75, 3.05) is 13.1 Å². The average molecular weight is 298 g/mol. The van der Waals surface area contributed by atoms with Gasteiger partial charge in [0.2, 0.25) is 0 Å². The number of urea groups is 1. The van der Waals surface area contributed by atoms with Gasteiger partial charge in [-0.15, -0.1) is 0 Å². The number of nitrogens with one attached hydrogen (secondary N) is 1. The van der Waals surface area contributed by atoms with Crippen molar-refractivity contribution in [2.45, 2.75) is 19.4 Å². The third-order valence-electron chi connectivity index (χ3n) is 3.59. The molecule has 1 saturated heterocycles. The highest BCUT2D eigenvalue weighted by atomic mass is 19.1. The maximum Gasteiger partial charge on any atom is 0.317 e. The number of carboxylic acid groups (broad SMARTS) is 1. The van der Waals surface area contributed by atoms with Crippen LogP contribution in [0.15, 0.2) is 18.2 Å². The van der Waals surface area contributed by atoms with Gasteiger partial charge < -0.3 is 15.3 Å². The molecule has 0 aliphatic carbocycles. The Kier molecular flexibility index (Phi) is 4.40. The van der Waals surface area contributed by atoms with E-state index in [1.807, 2.05) is 0 Å². The zero-order chi connectivity index (χ0) is 15.6. The highest BCUT2D eigenvalue weighted by Crippen LogP contribution is 2.20. The van der Waals surface area contributed by atoms with E-state index in [0.717, 1.165) is 12.1 Å². The van der Waals surface area contributed by atoms with Crippen LogP contribution in [0, 0.1) is 17.6 Å². The predicted molar refractivity (Wildman–Crippen MR) is 70.6 cm³/mol.